The average Bonchev–Trinajstić information content (AvgIpc) is 2.83. The van der Waals surface area contributed by atoms with Crippen LogP contribution in [0.5, 0.6) is 0 Å². The van der Waals surface area contributed by atoms with Crippen molar-refractivity contribution in [2.75, 3.05) is 5.32 Å². The molecule has 0 radical (unpaired) electrons. The first-order valence-electron chi connectivity index (χ1n) is 6.54. The molecule has 0 amide bonds. The molecule has 0 saturated heterocycles. The van der Waals surface area contributed by atoms with Crippen LogP contribution in [0.2, 0.25) is 0 Å². The molecule has 0 aliphatic heterocycles. The Balaban J connectivity index is 1.74. The third-order valence-electron chi connectivity index (χ3n) is 3.07. The first-order valence-corrected chi connectivity index (χ1v) is 7.33. The van der Waals surface area contributed by atoms with E-state index in [4.69, 9.17) is 0 Å². The summed E-state index contributed by atoms with van der Waals surface area (Å²) in [7, 11) is 0. The number of nitrogens with one attached hydrogen (secondary N) is 1. The van der Waals surface area contributed by atoms with Crippen LogP contribution in [0.25, 0.3) is 5.65 Å². The van der Waals surface area contributed by atoms with Gasteiger partial charge in [-0.3, -0.25) is 0 Å². The molecule has 0 fully saturated rings. The highest BCUT2D eigenvalue weighted by Crippen LogP contribution is 2.17. The van der Waals surface area contributed by atoms with E-state index >= 15 is 0 Å². The van der Waals surface area contributed by atoms with E-state index in [1.165, 1.54) is 5.56 Å². The monoisotopic (exact) mass is 330 g/mol. The Kier molecular flexibility index (Phi) is 3.69. The van der Waals surface area contributed by atoms with Crippen LogP contribution >= 0.6 is 15.9 Å². The second-order valence-corrected chi connectivity index (χ2v) is 5.65. The molecular weight excluding hydrogens is 316 g/mol. The lowest BCUT2D eigenvalue weighted by Gasteiger charge is -2.11. The summed E-state index contributed by atoms with van der Waals surface area (Å²) in [5.74, 6) is 0.653. The van der Waals surface area contributed by atoms with Gasteiger partial charge in [0.15, 0.2) is 5.65 Å². The van der Waals surface area contributed by atoms with E-state index in [1.807, 2.05) is 24.4 Å². The molecule has 1 unspecified atom stereocenters. The minimum atomic E-state index is 0.272. The van der Waals surface area contributed by atoms with Crippen molar-refractivity contribution in [1.29, 1.82) is 0 Å². The molecule has 1 N–H and O–H groups in total. The van der Waals surface area contributed by atoms with Crippen LogP contribution in [0.1, 0.15) is 12.5 Å². The molecule has 2 heterocycles. The molecule has 4 nitrogen and oxygen atoms in total. The van der Waals surface area contributed by atoms with Gasteiger partial charge in [0, 0.05) is 12.2 Å². The maximum Gasteiger partial charge on any atom is 0.243 e. The van der Waals surface area contributed by atoms with Gasteiger partial charge in [-0.15, -0.1) is 5.10 Å². The topological polar surface area (TPSA) is 42.2 Å². The number of hydrogen-bond acceptors (Lipinski definition) is 3. The summed E-state index contributed by atoms with van der Waals surface area (Å²) in [6.45, 7) is 2.13. The predicted molar refractivity (Wildman–Crippen MR) is 83.9 cm³/mol. The van der Waals surface area contributed by atoms with Gasteiger partial charge in [-0.2, -0.15) is 4.98 Å². The molecule has 3 aromatic rings. The Labute approximate surface area is 126 Å². The van der Waals surface area contributed by atoms with Crippen molar-refractivity contribution in [2.24, 2.45) is 0 Å². The number of nitrogens with zero attached hydrogens (tertiary/aromatic N) is 3. The molecule has 0 bridgehead atoms. The van der Waals surface area contributed by atoms with Crippen molar-refractivity contribution in [3.8, 4) is 0 Å². The Morgan fingerprint density at radius 2 is 2.00 bits per heavy atom. The largest absolute Gasteiger partial charge is 0.350 e. The van der Waals surface area contributed by atoms with Crippen LogP contribution < -0.4 is 5.32 Å². The Morgan fingerprint density at radius 3 is 2.75 bits per heavy atom. The molecule has 20 heavy (non-hydrogen) atoms. The van der Waals surface area contributed by atoms with E-state index < -0.39 is 0 Å². The lowest BCUT2D eigenvalue weighted by Crippen LogP contribution is -2.18. The normalized spacial score (nSPS) is 12.5. The van der Waals surface area contributed by atoms with Gasteiger partial charge in [0.1, 0.15) is 0 Å². The summed E-state index contributed by atoms with van der Waals surface area (Å²) in [5.41, 5.74) is 2.12. The van der Waals surface area contributed by atoms with Gasteiger partial charge < -0.3 is 5.32 Å². The van der Waals surface area contributed by atoms with Crippen LogP contribution in [0, 0.1) is 0 Å². The highest BCUT2D eigenvalue weighted by atomic mass is 79.9. The fraction of sp³-hybridized carbons (Fsp3) is 0.200. The number of pyridine rings is 1. The fourth-order valence-corrected chi connectivity index (χ4v) is 2.60. The standard InChI is InChI=1S/C15H15BrN4/c1-11(10-12-6-3-2-4-7-12)17-15-18-14-13(16)8-5-9-20(14)19-15/h2-9,11H,10H2,1H3,(H,17,19). The van der Waals surface area contributed by atoms with Gasteiger partial charge in [-0.1, -0.05) is 30.3 Å². The van der Waals surface area contributed by atoms with Crippen LogP contribution in [-0.4, -0.2) is 20.6 Å². The molecule has 102 valence electrons. The van der Waals surface area contributed by atoms with Gasteiger partial charge in [-0.25, -0.2) is 4.52 Å². The SMILES string of the molecule is CC(Cc1ccccc1)Nc1nc2c(Br)cccn2n1. The quantitative estimate of drug-likeness (QED) is 0.795. The van der Waals surface area contributed by atoms with E-state index in [9.17, 15) is 0 Å². The Morgan fingerprint density at radius 1 is 1.20 bits per heavy atom. The van der Waals surface area contributed by atoms with Crippen molar-refractivity contribution in [1.82, 2.24) is 14.6 Å². The van der Waals surface area contributed by atoms with Gasteiger partial charge in [0.05, 0.1) is 4.47 Å². The highest BCUT2D eigenvalue weighted by Gasteiger charge is 2.09. The summed E-state index contributed by atoms with van der Waals surface area (Å²) >= 11 is 3.48. The van der Waals surface area contributed by atoms with E-state index in [0.717, 1.165) is 16.5 Å². The van der Waals surface area contributed by atoms with Gasteiger partial charge in [0.2, 0.25) is 5.95 Å². The number of rotatable bonds is 4. The fourth-order valence-electron chi connectivity index (χ4n) is 2.17. The number of fused-ring (bicyclic) bond motifs is 1. The summed E-state index contributed by atoms with van der Waals surface area (Å²) in [6.07, 6.45) is 2.83. The molecule has 0 spiro atoms. The molecule has 0 aliphatic rings. The van der Waals surface area contributed by atoms with E-state index in [1.54, 1.807) is 4.52 Å². The smallest absolute Gasteiger partial charge is 0.243 e. The van der Waals surface area contributed by atoms with Crippen LogP contribution in [0.15, 0.2) is 53.1 Å². The summed E-state index contributed by atoms with van der Waals surface area (Å²) < 4.78 is 2.71. The number of benzene rings is 1. The molecule has 5 heteroatoms. The average molecular weight is 331 g/mol. The lowest BCUT2D eigenvalue weighted by atomic mass is 10.1. The zero-order valence-corrected chi connectivity index (χ0v) is 12.7. The van der Waals surface area contributed by atoms with Gasteiger partial charge in [-0.05, 0) is 47.0 Å². The second-order valence-electron chi connectivity index (χ2n) is 4.79. The number of aromatic nitrogens is 3. The van der Waals surface area contributed by atoms with Crippen molar-refractivity contribution in [3.63, 3.8) is 0 Å². The van der Waals surface area contributed by atoms with Crippen molar-refractivity contribution >= 4 is 27.5 Å². The van der Waals surface area contributed by atoms with Crippen molar-refractivity contribution < 1.29 is 0 Å². The van der Waals surface area contributed by atoms with Gasteiger partial charge in [0.25, 0.3) is 0 Å². The predicted octanol–water partition coefficient (Wildman–Crippen LogP) is 3.53. The number of halogens is 1. The molecule has 1 aromatic carbocycles. The lowest BCUT2D eigenvalue weighted by molar-refractivity contribution is 0.775. The maximum absolute atomic E-state index is 4.49. The zero-order valence-electron chi connectivity index (χ0n) is 11.1. The molecular formula is C15H15BrN4. The van der Waals surface area contributed by atoms with E-state index in [-0.39, 0.29) is 6.04 Å². The minimum Gasteiger partial charge on any atom is -0.350 e. The van der Waals surface area contributed by atoms with Gasteiger partial charge >= 0.3 is 0 Å². The molecule has 3 rings (SSSR count). The Bertz CT molecular complexity index is 708. The third-order valence-corrected chi connectivity index (χ3v) is 3.69. The maximum atomic E-state index is 4.49. The minimum absolute atomic E-state index is 0.272. The number of hydrogen-bond donors (Lipinski definition) is 1. The first-order chi connectivity index (χ1) is 9.72. The molecule has 0 aliphatic carbocycles. The second kappa shape index (κ2) is 5.63. The summed E-state index contributed by atoms with van der Waals surface area (Å²) in [6, 6.07) is 14.6. The first kappa shape index (κ1) is 13.1. The zero-order chi connectivity index (χ0) is 13.9. The van der Waals surface area contributed by atoms with E-state index in [0.29, 0.717) is 5.95 Å². The van der Waals surface area contributed by atoms with E-state index in [2.05, 4.69) is 62.5 Å². The molecule has 0 saturated carbocycles. The van der Waals surface area contributed by atoms with Crippen LogP contribution in [0.3, 0.4) is 0 Å². The molecule has 2 aromatic heterocycles. The highest BCUT2D eigenvalue weighted by molar-refractivity contribution is 9.10. The van der Waals surface area contributed by atoms with Crippen LogP contribution in [-0.2, 0) is 6.42 Å². The van der Waals surface area contributed by atoms with Crippen molar-refractivity contribution in [2.45, 2.75) is 19.4 Å². The molecule has 1 atom stereocenters. The third kappa shape index (κ3) is 2.82. The Hall–Kier alpha value is -1.88. The van der Waals surface area contributed by atoms with Crippen LogP contribution in [0.4, 0.5) is 5.95 Å². The van der Waals surface area contributed by atoms with Crippen molar-refractivity contribution in [3.05, 3.63) is 58.7 Å². The number of anilines is 1. The summed E-state index contributed by atoms with van der Waals surface area (Å²) in [5, 5.41) is 7.76. The summed E-state index contributed by atoms with van der Waals surface area (Å²) in [4.78, 5) is 4.49.